The van der Waals surface area contributed by atoms with Crippen LogP contribution in [0.3, 0.4) is 0 Å². The van der Waals surface area contributed by atoms with Gasteiger partial charge in [0.1, 0.15) is 0 Å². The maximum absolute atomic E-state index is 10.7. The number of nitrogens with zero attached hydrogens (tertiary/aromatic N) is 1. The van der Waals surface area contributed by atoms with Crippen LogP contribution in [0.4, 0.5) is 0 Å². The van der Waals surface area contributed by atoms with E-state index >= 15 is 0 Å². The van der Waals surface area contributed by atoms with Crippen molar-refractivity contribution >= 4 is 5.97 Å². The molecule has 0 radical (unpaired) electrons. The number of hydrogen-bond donors (Lipinski definition) is 1. The summed E-state index contributed by atoms with van der Waals surface area (Å²) < 4.78 is 0. The fourth-order valence-corrected chi connectivity index (χ4v) is 1.87. The molecule has 90 valence electrons. The lowest BCUT2D eigenvalue weighted by Gasteiger charge is -2.30. The van der Waals surface area contributed by atoms with Gasteiger partial charge in [0, 0.05) is 12.6 Å². The second-order valence-corrected chi connectivity index (χ2v) is 5.20. The zero-order valence-electron chi connectivity index (χ0n) is 10.7. The van der Waals surface area contributed by atoms with Gasteiger partial charge in [-0.3, -0.25) is 9.69 Å². The molecule has 0 aliphatic rings. The SMILES string of the molecule is CC(C)CC(C)N(CC(=O)O)CC(C)C. The zero-order valence-corrected chi connectivity index (χ0v) is 10.7. The predicted octanol–water partition coefficient (Wildman–Crippen LogP) is 2.46. The van der Waals surface area contributed by atoms with Gasteiger partial charge in [0.25, 0.3) is 0 Å². The first-order valence-electron chi connectivity index (χ1n) is 5.78. The fraction of sp³-hybridized carbons (Fsp3) is 0.917. The molecule has 0 saturated heterocycles. The zero-order chi connectivity index (χ0) is 12.0. The molecular weight excluding hydrogens is 190 g/mol. The molecule has 0 aromatic heterocycles. The molecule has 3 heteroatoms. The second-order valence-electron chi connectivity index (χ2n) is 5.20. The van der Waals surface area contributed by atoms with E-state index in [1.807, 2.05) is 0 Å². The highest BCUT2D eigenvalue weighted by Gasteiger charge is 2.18. The lowest BCUT2D eigenvalue weighted by atomic mass is 10.0. The Morgan fingerprint density at radius 1 is 1.13 bits per heavy atom. The topological polar surface area (TPSA) is 40.5 Å². The maximum Gasteiger partial charge on any atom is 0.317 e. The van der Waals surface area contributed by atoms with Crippen LogP contribution in [-0.2, 0) is 4.79 Å². The van der Waals surface area contributed by atoms with Crippen LogP contribution in [0.2, 0.25) is 0 Å². The van der Waals surface area contributed by atoms with Crippen LogP contribution in [0.1, 0.15) is 41.0 Å². The van der Waals surface area contributed by atoms with Gasteiger partial charge in [-0.1, -0.05) is 27.7 Å². The minimum Gasteiger partial charge on any atom is -0.480 e. The summed E-state index contributed by atoms with van der Waals surface area (Å²) in [6.07, 6.45) is 1.06. The van der Waals surface area contributed by atoms with E-state index in [2.05, 4.69) is 39.5 Å². The monoisotopic (exact) mass is 215 g/mol. The number of hydrogen-bond acceptors (Lipinski definition) is 2. The first kappa shape index (κ1) is 14.4. The highest BCUT2D eigenvalue weighted by Crippen LogP contribution is 2.12. The van der Waals surface area contributed by atoms with Crippen molar-refractivity contribution in [1.29, 1.82) is 0 Å². The standard InChI is InChI=1S/C12H25NO2/c1-9(2)6-11(5)13(7-10(3)4)8-12(14)15/h9-11H,6-8H2,1-5H3,(H,14,15). The first-order chi connectivity index (χ1) is 6.82. The molecule has 0 aromatic rings. The van der Waals surface area contributed by atoms with Crippen LogP contribution in [0.5, 0.6) is 0 Å². The van der Waals surface area contributed by atoms with Crippen molar-refractivity contribution in [3.63, 3.8) is 0 Å². The van der Waals surface area contributed by atoms with Gasteiger partial charge in [0.2, 0.25) is 0 Å². The normalized spacial score (nSPS) is 13.9. The molecule has 0 heterocycles. The van der Waals surface area contributed by atoms with E-state index < -0.39 is 5.97 Å². The van der Waals surface area contributed by atoms with Crippen LogP contribution < -0.4 is 0 Å². The highest BCUT2D eigenvalue weighted by atomic mass is 16.4. The quantitative estimate of drug-likeness (QED) is 0.709. The Morgan fingerprint density at radius 3 is 2.00 bits per heavy atom. The molecule has 0 saturated carbocycles. The van der Waals surface area contributed by atoms with Crippen molar-refractivity contribution in [2.75, 3.05) is 13.1 Å². The molecule has 0 amide bonds. The third kappa shape index (κ3) is 7.37. The molecule has 0 spiro atoms. The van der Waals surface area contributed by atoms with Crippen molar-refractivity contribution in [3.8, 4) is 0 Å². The molecule has 0 aromatic carbocycles. The largest absolute Gasteiger partial charge is 0.480 e. The summed E-state index contributed by atoms with van der Waals surface area (Å²) in [6.45, 7) is 11.7. The molecule has 0 aliphatic heterocycles. The van der Waals surface area contributed by atoms with Gasteiger partial charge in [0.15, 0.2) is 0 Å². The van der Waals surface area contributed by atoms with E-state index in [0.717, 1.165) is 13.0 Å². The van der Waals surface area contributed by atoms with Gasteiger partial charge >= 0.3 is 5.97 Å². The number of aliphatic carboxylic acids is 1. The molecule has 0 fully saturated rings. The Balaban J connectivity index is 4.26. The van der Waals surface area contributed by atoms with Crippen LogP contribution >= 0.6 is 0 Å². The van der Waals surface area contributed by atoms with Crippen molar-refractivity contribution in [2.24, 2.45) is 11.8 Å². The van der Waals surface area contributed by atoms with Crippen molar-refractivity contribution in [3.05, 3.63) is 0 Å². The Labute approximate surface area is 93.5 Å². The molecule has 15 heavy (non-hydrogen) atoms. The van der Waals surface area contributed by atoms with E-state index in [1.54, 1.807) is 0 Å². The van der Waals surface area contributed by atoms with Gasteiger partial charge in [-0.05, 0) is 25.2 Å². The average Bonchev–Trinajstić information content (AvgIpc) is 1.99. The van der Waals surface area contributed by atoms with Crippen LogP contribution in [0, 0.1) is 11.8 Å². The van der Waals surface area contributed by atoms with Crippen molar-refractivity contribution < 1.29 is 9.90 Å². The van der Waals surface area contributed by atoms with Gasteiger partial charge in [0.05, 0.1) is 6.54 Å². The number of carbonyl (C=O) groups is 1. The molecule has 1 unspecified atom stereocenters. The van der Waals surface area contributed by atoms with Gasteiger partial charge < -0.3 is 5.11 Å². The summed E-state index contributed by atoms with van der Waals surface area (Å²) in [4.78, 5) is 12.8. The smallest absolute Gasteiger partial charge is 0.317 e. The Bertz CT molecular complexity index is 190. The molecular formula is C12H25NO2. The summed E-state index contributed by atoms with van der Waals surface area (Å²) in [6, 6.07) is 0.350. The Morgan fingerprint density at radius 2 is 1.67 bits per heavy atom. The number of rotatable bonds is 7. The van der Waals surface area contributed by atoms with E-state index in [-0.39, 0.29) is 6.54 Å². The van der Waals surface area contributed by atoms with E-state index in [1.165, 1.54) is 0 Å². The molecule has 1 atom stereocenters. The summed E-state index contributed by atoms with van der Waals surface area (Å²) in [5, 5.41) is 8.84. The fourth-order valence-electron chi connectivity index (χ4n) is 1.87. The Kier molecular flexibility index (Phi) is 6.57. The number of carboxylic acid groups (broad SMARTS) is 1. The minimum absolute atomic E-state index is 0.159. The first-order valence-corrected chi connectivity index (χ1v) is 5.78. The van der Waals surface area contributed by atoms with E-state index in [4.69, 9.17) is 5.11 Å². The van der Waals surface area contributed by atoms with Crippen molar-refractivity contribution in [2.45, 2.75) is 47.1 Å². The molecule has 3 nitrogen and oxygen atoms in total. The minimum atomic E-state index is -0.730. The van der Waals surface area contributed by atoms with Crippen molar-refractivity contribution in [1.82, 2.24) is 4.90 Å². The lowest BCUT2D eigenvalue weighted by Crippen LogP contribution is -2.40. The van der Waals surface area contributed by atoms with Crippen LogP contribution in [0.15, 0.2) is 0 Å². The highest BCUT2D eigenvalue weighted by molar-refractivity contribution is 5.69. The summed E-state index contributed by atoms with van der Waals surface area (Å²) in [5.41, 5.74) is 0. The second kappa shape index (κ2) is 6.83. The molecule has 0 rings (SSSR count). The lowest BCUT2D eigenvalue weighted by molar-refractivity contribution is -0.139. The average molecular weight is 215 g/mol. The van der Waals surface area contributed by atoms with Gasteiger partial charge in [-0.15, -0.1) is 0 Å². The van der Waals surface area contributed by atoms with Gasteiger partial charge in [-0.25, -0.2) is 0 Å². The third-order valence-corrected chi connectivity index (χ3v) is 2.37. The Hall–Kier alpha value is -0.570. The van der Waals surface area contributed by atoms with Crippen LogP contribution in [0.25, 0.3) is 0 Å². The van der Waals surface area contributed by atoms with Gasteiger partial charge in [-0.2, -0.15) is 0 Å². The summed E-state index contributed by atoms with van der Waals surface area (Å²) >= 11 is 0. The van der Waals surface area contributed by atoms with E-state index in [9.17, 15) is 4.79 Å². The molecule has 0 aliphatic carbocycles. The predicted molar refractivity (Wildman–Crippen MR) is 63.0 cm³/mol. The van der Waals surface area contributed by atoms with E-state index in [0.29, 0.717) is 17.9 Å². The maximum atomic E-state index is 10.7. The third-order valence-electron chi connectivity index (χ3n) is 2.37. The molecule has 0 bridgehead atoms. The van der Waals surface area contributed by atoms with Crippen LogP contribution in [-0.4, -0.2) is 35.1 Å². The summed E-state index contributed by atoms with van der Waals surface area (Å²) in [7, 11) is 0. The number of carboxylic acids is 1. The summed E-state index contributed by atoms with van der Waals surface area (Å²) in [5.74, 6) is 0.397. The molecule has 1 N–H and O–H groups in total.